The van der Waals surface area contributed by atoms with Gasteiger partial charge in [-0.25, -0.2) is 0 Å². The Morgan fingerprint density at radius 1 is 1.29 bits per heavy atom. The molecule has 0 spiro atoms. The Hall–Kier alpha value is -1.65. The molecule has 2 aliphatic rings. The molecule has 1 fully saturated rings. The maximum atomic E-state index is 12.6. The van der Waals surface area contributed by atoms with Crippen molar-refractivity contribution in [3.63, 3.8) is 0 Å². The van der Waals surface area contributed by atoms with Crippen molar-refractivity contribution >= 4 is 22.9 Å². The molecule has 24 heavy (non-hydrogen) atoms. The quantitative estimate of drug-likeness (QED) is 0.899. The summed E-state index contributed by atoms with van der Waals surface area (Å²) in [5.74, 6) is 0.847. The van der Waals surface area contributed by atoms with Crippen LogP contribution < -0.4 is 5.32 Å². The Balaban J connectivity index is 1.48. The molecule has 4 rings (SSSR count). The lowest BCUT2D eigenvalue weighted by Gasteiger charge is -2.35. The van der Waals surface area contributed by atoms with E-state index in [1.54, 1.807) is 0 Å². The largest absolute Gasteiger partial charge is 0.325 e. The van der Waals surface area contributed by atoms with Crippen LogP contribution in [0.15, 0.2) is 29.6 Å². The summed E-state index contributed by atoms with van der Waals surface area (Å²) < 4.78 is 0. The summed E-state index contributed by atoms with van der Waals surface area (Å²) in [7, 11) is 0. The summed E-state index contributed by atoms with van der Waals surface area (Å²) in [5.41, 5.74) is 4.71. The summed E-state index contributed by atoms with van der Waals surface area (Å²) >= 11 is 1.87. The first-order valence-corrected chi connectivity index (χ1v) is 9.67. The van der Waals surface area contributed by atoms with Crippen LogP contribution in [0.2, 0.25) is 0 Å². The first kappa shape index (κ1) is 15.9. The van der Waals surface area contributed by atoms with E-state index in [-0.39, 0.29) is 5.91 Å². The molecule has 1 saturated carbocycles. The number of benzene rings is 1. The zero-order valence-corrected chi connectivity index (χ0v) is 15.2. The Morgan fingerprint density at radius 2 is 2.12 bits per heavy atom. The number of nitrogens with one attached hydrogen (secondary N) is 1. The van der Waals surface area contributed by atoms with E-state index in [0.29, 0.717) is 12.6 Å². The second kappa shape index (κ2) is 6.34. The fourth-order valence-electron chi connectivity index (χ4n) is 3.78. The summed E-state index contributed by atoms with van der Waals surface area (Å²) in [6.45, 7) is 5.58. The fraction of sp³-hybridized carbons (Fsp3) is 0.450. The maximum absolute atomic E-state index is 12.6. The number of carbonyl (C=O) groups is 1. The Labute approximate surface area is 147 Å². The summed E-state index contributed by atoms with van der Waals surface area (Å²) in [4.78, 5) is 16.6. The van der Waals surface area contributed by atoms with Crippen LogP contribution in [0, 0.1) is 19.8 Å². The highest BCUT2D eigenvalue weighted by Crippen LogP contribution is 2.48. The van der Waals surface area contributed by atoms with Crippen LogP contribution in [0.25, 0.3) is 0 Å². The van der Waals surface area contributed by atoms with Crippen molar-refractivity contribution in [3.8, 4) is 0 Å². The van der Waals surface area contributed by atoms with Crippen molar-refractivity contribution < 1.29 is 4.79 Å². The van der Waals surface area contributed by atoms with Crippen LogP contribution in [0.5, 0.6) is 0 Å². The molecule has 1 N–H and O–H groups in total. The van der Waals surface area contributed by atoms with E-state index in [9.17, 15) is 4.79 Å². The Kier molecular flexibility index (Phi) is 4.19. The van der Waals surface area contributed by atoms with Gasteiger partial charge in [-0.05, 0) is 73.2 Å². The molecule has 1 atom stereocenters. The minimum atomic E-state index is 0.105. The van der Waals surface area contributed by atoms with Gasteiger partial charge < -0.3 is 5.32 Å². The van der Waals surface area contributed by atoms with E-state index in [1.807, 2.05) is 18.3 Å². The van der Waals surface area contributed by atoms with Gasteiger partial charge in [0.05, 0.1) is 6.54 Å². The Morgan fingerprint density at radius 3 is 2.92 bits per heavy atom. The van der Waals surface area contributed by atoms with Crippen molar-refractivity contribution in [2.45, 2.75) is 39.2 Å². The van der Waals surface area contributed by atoms with Crippen molar-refractivity contribution in [1.29, 1.82) is 0 Å². The van der Waals surface area contributed by atoms with Gasteiger partial charge in [-0.2, -0.15) is 0 Å². The van der Waals surface area contributed by atoms with Crippen molar-refractivity contribution in [2.24, 2.45) is 5.92 Å². The molecule has 0 radical (unpaired) electrons. The van der Waals surface area contributed by atoms with E-state index in [0.717, 1.165) is 30.1 Å². The number of hydrogen-bond donors (Lipinski definition) is 1. The van der Waals surface area contributed by atoms with Gasteiger partial charge in [-0.3, -0.25) is 9.69 Å². The molecule has 1 aromatic carbocycles. The van der Waals surface area contributed by atoms with E-state index in [4.69, 9.17) is 0 Å². The highest BCUT2D eigenvalue weighted by molar-refractivity contribution is 7.10. The molecule has 0 saturated heterocycles. The molecule has 0 unspecified atom stereocenters. The number of hydrogen-bond acceptors (Lipinski definition) is 3. The third-order valence-electron chi connectivity index (χ3n) is 5.20. The summed E-state index contributed by atoms with van der Waals surface area (Å²) in [6.07, 6.45) is 3.68. The molecular weight excluding hydrogens is 316 g/mol. The number of thiophene rings is 1. The topological polar surface area (TPSA) is 32.3 Å². The number of fused-ring (bicyclic) bond motifs is 1. The Bertz CT molecular complexity index is 763. The molecule has 3 nitrogen and oxygen atoms in total. The molecular formula is C20H24N2OS. The molecule has 2 heterocycles. The van der Waals surface area contributed by atoms with E-state index in [1.165, 1.54) is 28.8 Å². The van der Waals surface area contributed by atoms with Gasteiger partial charge in [0, 0.05) is 23.2 Å². The second-order valence-electron chi connectivity index (χ2n) is 7.17. The van der Waals surface area contributed by atoms with Crippen molar-refractivity contribution in [3.05, 3.63) is 51.2 Å². The molecule has 1 amide bonds. The highest BCUT2D eigenvalue weighted by atomic mass is 32.1. The first-order valence-electron chi connectivity index (χ1n) is 8.79. The van der Waals surface area contributed by atoms with Crippen molar-refractivity contribution in [2.75, 3.05) is 18.4 Å². The monoisotopic (exact) mass is 340 g/mol. The molecule has 2 aromatic rings. The van der Waals surface area contributed by atoms with Gasteiger partial charge >= 0.3 is 0 Å². The number of nitrogens with zero attached hydrogens (tertiary/aromatic N) is 1. The highest BCUT2D eigenvalue weighted by Gasteiger charge is 2.40. The second-order valence-corrected chi connectivity index (χ2v) is 8.17. The average molecular weight is 340 g/mol. The van der Waals surface area contributed by atoms with Crippen LogP contribution >= 0.6 is 11.3 Å². The molecule has 1 aliphatic heterocycles. The molecule has 4 heteroatoms. The zero-order valence-electron chi connectivity index (χ0n) is 14.3. The average Bonchev–Trinajstić information content (AvgIpc) is 3.27. The summed E-state index contributed by atoms with van der Waals surface area (Å²) in [6, 6.07) is 8.92. The van der Waals surface area contributed by atoms with E-state index in [2.05, 4.69) is 46.8 Å². The number of carbonyl (C=O) groups excluding carboxylic acids is 1. The van der Waals surface area contributed by atoms with Crippen LogP contribution in [0.3, 0.4) is 0 Å². The van der Waals surface area contributed by atoms with Gasteiger partial charge in [0.25, 0.3) is 0 Å². The SMILES string of the molecule is Cc1ccc(C)c(NC(=O)CN2CCc3sccc3[C@@H]2C2CC2)c1. The van der Waals surface area contributed by atoms with E-state index < -0.39 is 0 Å². The minimum Gasteiger partial charge on any atom is -0.325 e. The van der Waals surface area contributed by atoms with Gasteiger partial charge in [0.2, 0.25) is 5.91 Å². The van der Waals surface area contributed by atoms with Gasteiger partial charge in [0.1, 0.15) is 0 Å². The summed E-state index contributed by atoms with van der Waals surface area (Å²) in [5, 5.41) is 5.33. The lowest BCUT2D eigenvalue weighted by molar-refractivity contribution is -0.118. The van der Waals surface area contributed by atoms with Gasteiger partial charge in [0.15, 0.2) is 0 Å². The minimum absolute atomic E-state index is 0.105. The van der Waals surface area contributed by atoms with Crippen LogP contribution in [-0.2, 0) is 11.2 Å². The fourth-order valence-corrected chi connectivity index (χ4v) is 4.70. The van der Waals surface area contributed by atoms with Crippen LogP contribution in [0.1, 0.15) is 40.5 Å². The number of anilines is 1. The van der Waals surface area contributed by atoms with Crippen LogP contribution in [0.4, 0.5) is 5.69 Å². The molecule has 1 aliphatic carbocycles. The van der Waals surface area contributed by atoms with Crippen LogP contribution in [-0.4, -0.2) is 23.9 Å². The predicted molar refractivity (Wildman–Crippen MR) is 99.6 cm³/mol. The molecule has 0 bridgehead atoms. The first-order chi connectivity index (χ1) is 11.6. The lowest BCUT2D eigenvalue weighted by atomic mass is 9.96. The van der Waals surface area contributed by atoms with Gasteiger partial charge in [-0.15, -0.1) is 11.3 Å². The lowest BCUT2D eigenvalue weighted by Crippen LogP contribution is -2.41. The van der Waals surface area contributed by atoms with Gasteiger partial charge in [-0.1, -0.05) is 12.1 Å². The van der Waals surface area contributed by atoms with Crippen molar-refractivity contribution in [1.82, 2.24) is 4.90 Å². The number of rotatable bonds is 4. The zero-order chi connectivity index (χ0) is 16.7. The molecule has 126 valence electrons. The van der Waals surface area contributed by atoms with E-state index >= 15 is 0 Å². The smallest absolute Gasteiger partial charge is 0.238 e. The standard InChI is InChI=1S/C20H24N2OS/c1-13-3-4-14(2)17(11-13)21-19(23)12-22-9-7-18-16(8-10-24-18)20(22)15-5-6-15/h3-4,8,10-11,15,20H,5-7,9,12H2,1-2H3,(H,21,23)/t20-/m0/s1. The normalized spacial score (nSPS) is 20.7. The predicted octanol–water partition coefficient (Wildman–Crippen LogP) is 4.31. The maximum Gasteiger partial charge on any atom is 0.238 e. The third-order valence-corrected chi connectivity index (χ3v) is 6.20. The number of aryl methyl sites for hydroxylation is 2. The third kappa shape index (κ3) is 3.13. The number of amides is 1. The molecule has 1 aromatic heterocycles.